The summed E-state index contributed by atoms with van der Waals surface area (Å²) in [5, 5.41) is 0. The molecule has 0 atom stereocenters. The molecule has 0 unspecified atom stereocenters. The van der Waals surface area contributed by atoms with E-state index in [4.69, 9.17) is 4.98 Å². The number of aromatic nitrogens is 3. The Morgan fingerprint density at radius 3 is 0.976 bits per heavy atom. The molecular weight excluding hydrogens is 510 g/mol. The van der Waals surface area contributed by atoms with Crippen LogP contribution >= 0.6 is 0 Å². The zero-order valence-corrected chi connectivity index (χ0v) is 22.9. The van der Waals surface area contributed by atoms with Crippen LogP contribution in [0.25, 0.3) is 67.0 Å². The third-order valence-corrected chi connectivity index (χ3v) is 7.48. The number of rotatable bonds is 6. The molecule has 0 amide bonds. The van der Waals surface area contributed by atoms with E-state index in [-0.39, 0.29) is 0 Å². The quantitative estimate of drug-likeness (QED) is 0.212. The fourth-order valence-electron chi connectivity index (χ4n) is 5.28. The van der Waals surface area contributed by atoms with Crippen molar-refractivity contribution in [3.05, 3.63) is 164 Å². The van der Waals surface area contributed by atoms with Crippen LogP contribution in [0.5, 0.6) is 0 Å². The number of hydrogen-bond acceptors (Lipinski definition) is 3. The molecular formula is C39H27N3. The van der Waals surface area contributed by atoms with Crippen LogP contribution in [-0.2, 0) is 0 Å². The first-order chi connectivity index (χ1) is 20.8. The highest BCUT2D eigenvalue weighted by Crippen LogP contribution is 2.35. The van der Waals surface area contributed by atoms with Crippen molar-refractivity contribution in [2.75, 3.05) is 0 Å². The Hall–Kier alpha value is -5.67. The summed E-state index contributed by atoms with van der Waals surface area (Å²) in [7, 11) is 0. The van der Waals surface area contributed by atoms with Crippen molar-refractivity contribution in [2.45, 2.75) is 0 Å². The lowest BCUT2D eigenvalue weighted by atomic mass is 9.92. The first-order valence-corrected chi connectivity index (χ1v) is 14.0. The molecule has 3 heterocycles. The van der Waals surface area contributed by atoms with Gasteiger partial charge in [-0.1, -0.05) is 84.9 Å². The van der Waals surface area contributed by atoms with Crippen LogP contribution in [0.4, 0.5) is 0 Å². The van der Waals surface area contributed by atoms with Crippen LogP contribution in [0.2, 0.25) is 0 Å². The second kappa shape index (κ2) is 11.4. The second-order valence-corrected chi connectivity index (χ2v) is 10.2. The summed E-state index contributed by atoms with van der Waals surface area (Å²) in [4.78, 5) is 13.4. The van der Waals surface area contributed by atoms with E-state index in [0.717, 1.165) is 33.6 Å². The van der Waals surface area contributed by atoms with Crippen LogP contribution in [0, 0.1) is 0 Å². The molecule has 0 aliphatic rings. The molecule has 3 aromatic heterocycles. The summed E-state index contributed by atoms with van der Waals surface area (Å²) < 4.78 is 0. The predicted octanol–water partition coefficient (Wildman–Crippen LogP) is 9.87. The Balaban J connectivity index is 1.31. The summed E-state index contributed by atoms with van der Waals surface area (Å²) >= 11 is 0. The molecule has 0 bridgehead atoms. The van der Waals surface area contributed by atoms with Gasteiger partial charge in [-0.25, -0.2) is 4.98 Å². The molecule has 0 saturated carbocycles. The third kappa shape index (κ3) is 5.36. The van der Waals surface area contributed by atoms with Crippen LogP contribution in [0.3, 0.4) is 0 Å². The van der Waals surface area contributed by atoms with E-state index in [9.17, 15) is 0 Å². The van der Waals surface area contributed by atoms with Gasteiger partial charge in [0, 0.05) is 35.9 Å². The monoisotopic (exact) mass is 537 g/mol. The Labute approximate surface area is 245 Å². The fraction of sp³-hybridized carbons (Fsp3) is 0. The van der Waals surface area contributed by atoms with Crippen molar-refractivity contribution in [1.29, 1.82) is 0 Å². The molecule has 4 aromatic carbocycles. The van der Waals surface area contributed by atoms with Gasteiger partial charge in [-0.3, -0.25) is 9.97 Å². The molecule has 7 aromatic rings. The second-order valence-electron chi connectivity index (χ2n) is 10.2. The van der Waals surface area contributed by atoms with Gasteiger partial charge in [0.25, 0.3) is 0 Å². The van der Waals surface area contributed by atoms with Crippen LogP contribution in [0.1, 0.15) is 0 Å². The van der Waals surface area contributed by atoms with Crippen LogP contribution < -0.4 is 0 Å². The molecule has 7 rings (SSSR count). The number of nitrogens with zero attached hydrogens (tertiary/aromatic N) is 3. The maximum Gasteiger partial charge on any atom is 0.0716 e. The van der Waals surface area contributed by atoms with Crippen molar-refractivity contribution in [1.82, 2.24) is 15.0 Å². The zero-order valence-electron chi connectivity index (χ0n) is 22.9. The van der Waals surface area contributed by atoms with E-state index >= 15 is 0 Å². The summed E-state index contributed by atoms with van der Waals surface area (Å²) in [6.45, 7) is 0. The van der Waals surface area contributed by atoms with Gasteiger partial charge < -0.3 is 0 Å². The molecule has 0 radical (unpaired) electrons. The minimum atomic E-state index is 0.911. The van der Waals surface area contributed by atoms with Crippen molar-refractivity contribution in [2.24, 2.45) is 0 Å². The largest absolute Gasteiger partial charge is 0.265 e. The van der Waals surface area contributed by atoms with Crippen LogP contribution in [-0.4, -0.2) is 15.0 Å². The van der Waals surface area contributed by atoms with E-state index in [1.54, 1.807) is 24.8 Å². The summed E-state index contributed by atoms with van der Waals surface area (Å²) in [6, 6.07) is 49.1. The smallest absolute Gasteiger partial charge is 0.0716 e. The minimum Gasteiger partial charge on any atom is -0.265 e. The zero-order chi connectivity index (χ0) is 28.1. The topological polar surface area (TPSA) is 38.7 Å². The van der Waals surface area contributed by atoms with E-state index in [1.165, 1.54) is 33.4 Å². The molecule has 0 N–H and O–H groups in total. The van der Waals surface area contributed by atoms with E-state index < -0.39 is 0 Å². The van der Waals surface area contributed by atoms with Gasteiger partial charge in [0.15, 0.2) is 0 Å². The number of benzene rings is 4. The van der Waals surface area contributed by atoms with Crippen molar-refractivity contribution >= 4 is 0 Å². The molecule has 0 spiro atoms. The Bertz CT molecular complexity index is 1670. The molecule has 3 heteroatoms. The maximum absolute atomic E-state index is 4.99. The normalized spacial score (nSPS) is 10.9. The lowest BCUT2D eigenvalue weighted by Crippen LogP contribution is -1.92. The van der Waals surface area contributed by atoms with Crippen LogP contribution in [0.15, 0.2) is 164 Å². The van der Waals surface area contributed by atoms with Crippen molar-refractivity contribution in [3.8, 4) is 67.0 Å². The minimum absolute atomic E-state index is 0.911. The molecule has 0 saturated heterocycles. The number of hydrogen-bond donors (Lipinski definition) is 0. The Kier molecular flexibility index (Phi) is 6.89. The van der Waals surface area contributed by atoms with E-state index in [2.05, 4.69) is 125 Å². The maximum atomic E-state index is 4.99. The summed E-state index contributed by atoms with van der Waals surface area (Å²) in [5.74, 6) is 0. The van der Waals surface area contributed by atoms with E-state index in [0.29, 0.717) is 0 Å². The van der Waals surface area contributed by atoms with Gasteiger partial charge in [-0.15, -0.1) is 0 Å². The average Bonchev–Trinajstić information content (AvgIpc) is 3.09. The molecule has 42 heavy (non-hydrogen) atoms. The highest BCUT2D eigenvalue weighted by Gasteiger charge is 2.11. The number of pyridine rings is 3. The van der Waals surface area contributed by atoms with Gasteiger partial charge in [0.1, 0.15) is 0 Å². The van der Waals surface area contributed by atoms with Gasteiger partial charge in [-0.2, -0.15) is 0 Å². The Morgan fingerprint density at radius 1 is 0.262 bits per heavy atom. The Morgan fingerprint density at radius 2 is 0.595 bits per heavy atom. The molecule has 0 fully saturated rings. The molecule has 0 aliphatic carbocycles. The van der Waals surface area contributed by atoms with Gasteiger partial charge >= 0.3 is 0 Å². The van der Waals surface area contributed by atoms with Crippen molar-refractivity contribution < 1.29 is 0 Å². The molecule has 0 aliphatic heterocycles. The average molecular weight is 538 g/mol. The summed E-state index contributed by atoms with van der Waals surface area (Å²) in [6.07, 6.45) is 7.21. The van der Waals surface area contributed by atoms with Crippen molar-refractivity contribution in [3.63, 3.8) is 0 Å². The lowest BCUT2D eigenvalue weighted by molar-refractivity contribution is 1.27. The van der Waals surface area contributed by atoms with Gasteiger partial charge in [0.2, 0.25) is 0 Å². The molecule has 198 valence electrons. The van der Waals surface area contributed by atoms with E-state index in [1.807, 2.05) is 24.3 Å². The molecule has 3 nitrogen and oxygen atoms in total. The SMILES string of the molecule is c1ccc(-c2cc(-c3ccccc3)cc(-c3ccc(-c4cc(-c5ccncc5)nc(-c5ccncc5)c4)cc3)c2)cc1. The lowest BCUT2D eigenvalue weighted by Gasteiger charge is -2.13. The predicted molar refractivity (Wildman–Crippen MR) is 172 cm³/mol. The fourth-order valence-corrected chi connectivity index (χ4v) is 5.28. The third-order valence-electron chi connectivity index (χ3n) is 7.48. The first-order valence-electron chi connectivity index (χ1n) is 14.0. The van der Waals surface area contributed by atoms with Gasteiger partial charge in [-0.05, 0) is 99.1 Å². The highest BCUT2D eigenvalue weighted by molar-refractivity contribution is 5.83. The standard InChI is InChI=1S/C39H27N3/c1-3-7-28(8-4-1)34-23-35(29-9-5-2-6-10-29)25-36(24-34)30-11-13-31(14-12-30)37-26-38(32-15-19-40-20-16-32)42-39(27-37)33-17-21-41-22-18-33/h1-27H. The highest BCUT2D eigenvalue weighted by atomic mass is 14.7. The van der Waals surface area contributed by atoms with Gasteiger partial charge in [0.05, 0.1) is 11.4 Å². The first kappa shape index (κ1) is 25.3. The summed E-state index contributed by atoms with van der Waals surface area (Å²) in [5.41, 5.74) is 13.3.